The fourth-order valence-electron chi connectivity index (χ4n) is 1.38. The molecule has 0 atom stereocenters. The predicted octanol–water partition coefficient (Wildman–Crippen LogP) is 1.28. The van der Waals surface area contributed by atoms with Gasteiger partial charge < -0.3 is 0 Å². The Labute approximate surface area is 104 Å². The van der Waals surface area contributed by atoms with Gasteiger partial charge in [-0.15, -0.1) is 0 Å². The third-order valence-electron chi connectivity index (χ3n) is 2.25. The third-order valence-corrected chi connectivity index (χ3v) is 3.56. The number of nitriles is 1. The fraction of sp³-hybridized carbons (Fsp3) is 0.0909. The summed E-state index contributed by atoms with van der Waals surface area (Å²) in [6, 6.07) is 10.0. The molecule has 0 spiro atoms. The molecule has 1 aromatic carbocycles. The first-order valence-electron chi connectivity index (χ1n) is 5.10. The monoisotopic (exact) mass is 262 g/mol. The third kappa shape index (κ3) is 2.67. The van der Waals surface area contributed by atoms with Crippen molar-refractivity contribution in [1.82, 2.24) is 10.2 Å². The largest absolute Gasteiger partial charge is 0.278 e. The molecule has 0 aliphatic carbocycles. The Hall–Kier alpha value is -2.33. The smallest absolute Gasteiger partial charge is 0.278 e. The molecule has 0 amide bonds. The molecule has 92 valence electrons. The summed E-state index contributed by atoms with van der Waals surface area (Å²) >= 11 is 0. The molecule has 0 bridgehead atoms. The van der Waals surface area contributed by atoms with E-state index in [1.54, 1.807) is 24.3 Å². The summed E-state index contributed by atoms with van der Waals surface area (Å²) in [7, 11) is -3.63. The minimum atomic E-state index is -3.63. The lowest BCUT2D eigenvalue weighted by molar-refractivity contribution is 0.597. The first-order valence-corrected chi connectivity index (χ1v) is 6.58. The molecule has 2 aromatic rings. The number of sulfonamides is 1. The minimum absolute atomic E-state index is 0.00333. The van der Waals surface area contributed by atoms with E-state index in [1.807, 2.05) is 6.07 Å². The Morgan fingerprint density at radius 3 is 2.56 bits per heavy atom. The van der Waals surface area contributed by atoms with E-state index in [0.717, 1.165) is 5.56 Å². The van der Waals surface area contributed by atoms with Gasteiger partial charge in [-0.3, -0.25) is 9.82 Å². The topological polar surface area (TPSA) is 98.6 Å². The Kier molecular flexibility index (Phi) is 3.30. The van der Waals surface area contributed by atoms with Gasteiger partial charge in [-0.1, -0.05) is 12.1 Å². The van der Waals surface area contributed by atoms with Gasteiger partial charge in [0.15, 0.2) is 5.03 Å². The van der Waals surface area contributed by atoms with Crippen molar-refractivity contribution in [2.24, 2.45) is 0 Å². The van der Waals surface area contributed by atoms with Crippen LogP contribution >= 0.6 is 0 Å². The Balaban J connectivity index is 2.17. The van der Waals surface area contributed by atoms with Crippen molar-refractivity contribution in [3.8, 4) is 6.07 Å². The zero-order valence-electron chi connectivity index (χ0n) is 9.29. The highest BCUT2D eigenvalue weighted by Crippen LogP contribution is 2.14. The lowest BCUT2D eigenvalue weighted by Crippen LogP contribution is -2.13. The van der Waals surface area contributed by atoms with Crippen LogP contribution in [0.2, 0.25) is 0 Å². The highest BCUT2D eigenvalue weighted by Gasteiger charge is 2.15. The van der Waals surface area contributed by atoms with E-state index >= 15 is 0 Å². The van der Waals surface area contributed by atoms with Crippen LogP contribution in [-0.2, 0) is 16.4 Å². The lowest BCUT2D eigenvalue weighted by atomic mass is 10.1. The summed E-state index contributed by atoms with van der Waals surface area (Å²) < 4.78 is 26.1. The number of H-pyrrole nitrogens is 1. The van der Waals surface area contributed by atoms with E-state index in [0.29, 0.717) is 12.1 Å². The Morgan fingerprint density at radius 1 is 1.28 bits per heavy atom. The first-order chi connectivity index (χ1) is 8.62. The molecule has 1 heterocycles. The summed E-state index contributed by atoms with van der Waals surface area (Å²) in [6.07, 6.45) is 1.66. The van der Waals surface area contributed by atoms with Crippen LogP contribution in [0.4, 0.5) is 5.69 Å². The van der Waals surface area contributed by atoms with Crippen molar-refractivity contribution in [3.05, 3.63) is 42.1 Å². The van der Waals surface area contributed by atoms with Crippen molar-refractivity contribution in [2.75, 3.05) is 4.72 Å². The van der Waals surface area contributed by atoms with Crippen LogP contribution in [0.25, 0.3) is 0 Å². The molecule has 0 aliphatic heterocycles. The molecule has 1 aromatic heterocycles. The molecule has 0 aliphatic rings. The second-order valence-corrected chi connectivity index (χ2v) is 5.21. The normalized spacial score (nSPS) is 10.8. The van der Waals surface area contributed by atoms with Crippen LogP contribution in [-0.4, -0.2) is 18.6 Å². The lowest BCUT2D eigenvalue weighted by Gasteiger charge is -2.06. The maximum Gasteiger partial charge on any atom is 0.278 e. The maximum atomic E-state index is 11.8. The highest BCUT2D eigenvalue weighted by molar-refractivity contribution is 7.92. The second kappa shape index (κ2) is 4.89. The number of rotatable bonds is 4. The van der Waals surface area contributed by atoms with E-state index in [9.17, 15) is 8.42 Å². The summed E-state index contributed by atoms with van der Waals surface area (Å²) in [5.41, 5.74) is 1.27. The second-order valence-electron chi connectivity index (χ2n) is 3.56. The molecule has 7 heteroatoms. The molecule has 0 saturated carbocycles. The number of hydrogen-bond donors (Lipinski definition) is 2. The van der Waals surface area contributed by atoms with E-state index in [2.05, 4.69) is 14.9 Å². The van der Waals surface area contributed by atoms with Crippen LogP contribution in [0, 0.1) is 11.3 Å². The van der Waals surface area contributed by atoms with E-state index < -0.39 is 10.0 Å². The van der Waals surface area contributed by atoms with Crippen molar-refractivity contribution in [1.29, 1.82) is 5.26 Å². The van der Waals surface area contributed by atoms with Gasteiger partial charge in [-0.25, -0.2) is 0 Å². The predicted molar refractivity (Wildman–Crippen MR) is 65.2 cm³/mol. The zero-order chi connectivity index (χ0) is 13.0. The summed E-state index contributed by atoms with van der Waals surface area (Å²) in [5.74, 6) is 0. The molecule has 0 radical (unpaired) electrons. The Morgan fingerprint density at radius 2 is 2.00 bits per heavy atom. The van der Waals surface area contributed by atoms with Crippen molar-refractivity contribution < 1.29 is 8.42 Å². The van der Waals surface area contributed by atoms with E-state index in [1.165, 1.54) is 12.3 Å². The average molecular weight is 262 g/mol. The molecular weight excluding hydrogens is 252 g/mol. The number of hydrogen-bond acceptors (Lipinski definition) is 4. The van der Waals surface area contributed by atoms with Crippen molar-refractivity contribution in [3.63, 3.8) is 0 Å². The van der Waals surface area contributed by atoms with Gasteiger partial charge in [0, 0.05) is 5.69 Å². The number of aromatic nitrogens is 2. The molecule has 2 rings (SSSR count). The van der Waals surface area contributed by atoms with Gasteiger partial charge >= 0.3 is 0 Å². The molecule has 6 nitrogen and oxygen atoms in total. The number of benzene rings is 1. The van der Waals surface area contributed by atoms with Gasteiger partial charge in [0.1, 0.15) is 0 Å². The summed E-state index contributed by atoms with van der Waals surface area (Å²) in [5, 5.41) is 14.5. The van der Waals surface area contributed by atoms with E-state index in [4.69, 9.17) is 5.26 Å². The number of nitrogens with one attached hydrogen (secondary N) is 2. The molecule has 2 N–H and O–H groups in total. The van der Waals surface area contributed by atoms with Gasteiger partial charge in [0.25, 0.3) is 10.0 Å². The molecule has 0 saturated heterocycles. The molecule has 18 heavy (non-hydrogen) atoms. The van der Waals surface area contributed by atoms with Gasteiger partial charge in [-0.2, -0.15) is 18.8 Å². The summed E-state index contributed by atoms with van der Waals surface area (Å²) in [6.45, 7) is 0. The van der Waals surface area contributed by atoms with Crippen molar-refractivity contribution >= 4 is 15.7 Å². The van der Waals surface area contributed by atoms with Crippen LogP contribution < -0.4 is 4.72 Å². The first kappa shape index (κ1) is 12.1. The highest BCUT2D eigenvalue weighted by atomic mass is 32.2. The zero-order valence-corrected chi connectivity index (χ0v) is 10.1. The van der Waals surface area contributed by atoms with E-state index in [-0.39, 0.29) is 5.03 Å². The molecule has 0 fully saturated rings. The number of aromatic amines is 1. The number of nitrogens with zero attached hydrogens (tertiary/aromatic N) is 2. The standard InChI is InChI=1S/C11H10N4O2S/c12-7-5-9-1-3-10(4-2-9)15-18(16,17)11-6-8-13-14-11/h1-4,6,8,15H,5H2,(H,13,14). The van der Waals surface area contributed by atoms with Crippen LogP contribution in [0.15, 0.2) is 41.6 Å². The SMILES string of the molecule is N#CCc1ccc(NS(=O)(=O)c2ccn[nH]2)cc1. The molecule has 0 unspecified atom stereocenters. The van der Waals surface area contributed by atoms with Crippen LogP contribution in [0.5, 0.6) is 0 Å². The summed E-state index contributed by atoms with van der Waals surface area (Å²) in [4.78, 5) is 0. The van der Waals surface area contributed by atoms with Gasteiger partial charge in [0.2, 0.25) is 0 Å². The van der Waals surface area contributed by atoms with Crippen molar-refractivity contribution in [2.45, 2.75) is 11.4 Å². The van der Waals surface area contributed by atoms with Gasteiger partial charge in [0.05, 0.1) is 18.7 Å². The maximum absolute atomic E-state index is 11.8. The van der Waals surface area contributed by atoms with Crippen LogP contribution in [0.1, 0.15) is 5.56 Å². The van der Waals surface area contributed by atoms with Crippen LogP contribution in [0.3, 0.4) is 0 Å². The quantitative estimate of drug-likeness (QED) is 0.866. The Bertz CT molecular complexity index is 654. The minimum Gasteiger partial charge on any atom is -0.278 e. The van der Waals surface area contributed by atoms with Gasteiger partial charge in [-0.05, 0) is 23.8 Å². The average Bonchev–Trinajstić information content (AvgIpc) is 2.86. The fourth-order valence-corrected chi connectivity index (χ4v) is 2.35. The molecular formula is C11H10N4O2S. The number of anilines is 1.